The van der Waals surface area contributed by atoms with Crippen molar-refractivity contribution in [2.75, 3.05) is 46.1 Å². The van der Waals surface area contributed by atoms with Crippen LogP contribution in [0.25, 0.3) is 0 Å². The highest BCUT2D eigenvalue weighted by molar-refractivity contribution is 7.80. The lowest BCUT2D eigenvalue weighted by atomic mass is 10.0. The number of ether oxygens (including phenoxy) is 1. The van der Waals surface area contributed by atoms with Crippen molar-refractivity contribution in [3.05, 3.63) is 0 Å². The molecule has 0 amide bonds. The summed E-state index contributed by atoms with van der Waals surface area (Å²) < 4.78 is 6.00. The van der Waals surface area contributed by atoms with E-state index < -0.39 is 0 Å². The molecule has 4 heteroatoms. The topological polar surface area (TPSA) is 15.7 Å². The maximum absolute atomic E-state index is 6.00. The molecular formula is C14H30N2OS. The summed E-state index contributed by atoms with van der Waals surface area (Å²) in [5.41, 5.74) is 0. The molecule has 1 rings (SSSR count). The summed E-state index contributed by atoms with van der Waals surface area (Å²) in [6, 6.07) is 0.556. The lowest BCUT2D eigenvalue weighted by molar-refractivity contribution is -0.0748. The van der Waals surface area contributed by atoms with Gasteiger partial charge in [-0.25, -0.2) is 0 Å². The van der Waals surface area contributed by atoms with E-state index in [-0.39, 0.29) is 0 Å². The standard InChI is InChI=1S/C14H30N2OS/c1-12(2)10-15(3)11-14-13(6-5-9-18)16(4)7-8-17-14/h12-14,18H,5-11H2,1-4H3/t13-,14-/m1/s1. The highest BCUT2D eigenvalue weighted by Gasteiger charge is 2.30. The van der Waals surface area contributed by atoms with Gasteiger partial charge in [-0.2, -0.15) is 12.6 Å². The normalized spacial score (nSPS) is 26.2. The first-order valence-corrected chi connectivity index (χ1v) is 7.79. The van der Waals surface area contributed by atoms with E-state index in [1.54, 1.807) is 0 Å². The van der Waals surface area contributed by atoms with Crippen LogP contribution in [0, 0.1) is 5.92 Å². The number of hydrogen-bond donors (Lipinski definition) is 1. The third-order valence-corrected chi connectivity index (χ3v) is 3.91. The maximum atomic E-state index is 6.00. The first kappa shape index (κ1) is 16.3. The van der Waals surface area contributed by atoms with E-state index in [0.29, 0.717) is 18.1 Å². The third kappa shape index (κ3) is 5.47. The Morgan fingerprint density at radius 2 is 2.17 bits per heavy atom. The first-order valence-electron chi connectivity index (χ1n) is 7.15. The van der Waals surface area contributed by atoms with Crippen LogP contribution in [0.4, 0.5) is 0 Å². The van der Waals surface area contributed by atoms with Gasteiger partial charge in [0.15, 0.2) is 0 Å². The summed E-state index contributed by atoms with van der Waals surface area (Å²) >= 11 is 4.32. The minimum Gasteiger partial charge on any atom is -0.374 e. The molecule has 0 radical (unpaired) electrons. The van der Waals surface area contributed by atoms with Crippen LogP contribution in [0.15, 0.2) is 0 Å². The predicted octanol–water partition coefficient (Wildman–Crippen LogP) is 1.98. The number of morpholine rings is 1. The average molecular weight is 274 g/mol. The van der Waals surface area contributed by atoms with Crippen LogP contribution in [-0.4, -0.2) is 68.0 Å². The molecule has 0 bridgehead atoms. The van der Waals surface area contributed by atoms with Gasteiger partial charge in [0, 0.05) is 25.7 Å². The summed E-state index contributed by atoms with van der Waals surface area (Å²) in [6.45, 7) is 8.64. The molecule has 0 spiro atoms. The van der Waals surface area contributed by atoms with Gasteiger partial charge in [0.05, 0.1) is 12.7 Å². The second-order valence-electron chi connectivity index (χ2n) is 5.94. The van der Waals surface area contributed by atoms with Gasteiger partial charge >= 0.3 is 0 Å². The lowest BCUT2D eigenvalue weighted by Crippen LogP contribution is -2.53. The van der Waals surface area contributed by atoms with Crippen molar-refractivity contribution in [2.24, 2.45) is 5.92 Å². The van der Waals surface area contributed by atoms with Gasteiger partial charge in [-0.05, 0) is 38.6 Å². The van der Waals surface area contributed by atoms with Gasteiger partial charge in [-0.15, -0.1) is 0 Å². The molecule has 3 nitrogen and oxygen atoms in total. The Labute approximate surface area is 118 Å². The molecule has 1 aliphatic rings. The smallest absolute Gasteiger partial charge is 0.0857 e. The first-order chi connectivity index (χ1) is 8.54. The summed E-state index contributed by atoms with van der Waals surface area (Å²) in [6.07, 6.45) is 2.72. The fourth-order valence-corrected chi connectivity index (χ4v) is 2.98. The highest BCUT2D eigenvalue weighted by Crippen LogP contribution is 2.18. The molecule has 108 valence electrons. The maximum Gasteiger partial charge on any atom is 0.0857 e. The van der Waals surface area contributed by atoms with E-state index in [2.05, 4.69) is 50.4 Å². The van der Waals surface area contributed by atoms with Crippen molar-refractivity contribution >= 4 is 12.6 Å². The third-order valence-electron chi connectivity index (χ3n) is 3.60. The summed E-state index contributed by atoms with van der Waals surface area (Å²) in [5, 5.41) is 0. The van der Waals surface area contributed by atoms with Crippen molar-refractivity contribution in [1.29, 1.82) is 0 Å². The van der Waals surface area contributed by atoms with E-state index >= 15 is 0 Å². The number of likely N-dealkylation sites (N-methyl/N-ethyl adjacent to an activating group) is 2. The molecule has 0 aromatic heterocycles. The summed E-state index contributed by atoms with van der Waals surface area (Å²) in [7, 11) is 4.43. The molecule has 2 atom stereocenters. The molecule has 0 aliphatic carbocycles. The Morgan fingerprint density at radius 1 is 1.44 bits per heavy atom. The fraction of sp³-hybridized carbons (Fsp3) is 1.00. The van der Waals surface area contributed by atoms with Gasteiger partial charge in [-0.1, -0.05) is 13.8 Å². The molecular weight excluding hydrogens is 244 g/mol. The predicted molar refractivity (Wildman–Crippen MR) is 81.6 cm³/mol. The molecule has 0 N–H and O–H groups in total. The fourth-order valence-electron chi connectivity index (χ4n) is 2.79. The van der Waals surface area contributed by atoms with Gasteiger partial charge in [0.1, 0.15) is 0 Å². The van der Waals surface area contributed by atoms with Crippen LogP contribution < -0.4 is 0 Å². The van der Waals surface area contributed by atoms with Crippen LogP contribution in [0.2, 0.25) is 0 Å². The molecule has 0 unspecified atom stereocenters. The van der Waals surface area contributed by atoms with Crippen molar-refractivity contribution in [2.45, 2.75) is 38.8 Å². The molecule has 1 fully saturated rings. The Morgan fingerprint density at radius 3 is 2.78 bits per heavy atom. The highest BCUT2D eigenvalue weighted by atomic mass is 32.1. The molecule has 18 heavy (non-hydrogen) atoms. The average Bonchev–Trinajstić information content (AvgIpc) is 2.27. The van der Waals surface area contributed by atoms with Crippen LogP contribution in [0.1, 0.15) is 26.7 Å². The Balaban J connectivity index is 2.48. The lowest BCUT2D eigenvalue weighted by Gasteiger charge is -2.41. The minimum atomic E-state index is 0.354. The molecule has 1 heterocycles. The molecule has 0 saturated carbocycles. The number of hydrogen-bond acceptors (Lipinski definition) is 4. The zero-order chi connectivity index (χ0) is 13.5. The van der Waals surface area contributed by atoms with Gasteiger partial charge in [-0.3, -0.25) is 4.90 Å². The van der Waals surface area contributed by atoms with Crippen molar-refractivity contribution in [3.63, 3.8) is 0 Å². The molecule has 1 aliphatic heterocycles. The zero-order valence-electron chi connectivity index (χ0n) is 12.4. The monoisotopic (exact) mass is 274 g/mol. The SMILES string of the molecule is CC(C)CN(C)C[C@H]1OCCN(C)[C@@H]1CCCS. The van der Waals surface area contributed by atoms with E-state index in [9.17, 15) is 0 Å². The van der Waals surface area contributed by atoms with Gasteiger partial charge < -0.3 is 9.64 Å². The van der Waals surface area contributed by atoms with Crippen molar-refractivity contribution < 1.29 is 4.74 Å². The van der Waals surface area contributed by atoms with Crippen molar-refractivity contribution in [1.82, 2.24) is 9.80 Å². The van der Waals surface area contributed by atoms with Crippen LogP contribution in [-0.2, 0) is 4.74 Å². The number of rotatable bonds is 7. The largest absolute Gasteiger partial charge is 0.374 e. The Bertz CT molecular complexity index is 226. The molecule has 0 aromatic rings. The van der Waals surface area contributed by atoms with E-state index in [1.807, 2.05) is 0 Å². The van der Waals surface area contributed by atoms with Crippen molar-refractivity contribution in [3.8, 4) is 0 Å². The second-order valence-corrected chi connectivity index (χ2v) is 6.39. The van der Waals surface area contributed by atoms with Crippen LogP contribution in [0.3, 0.4) is 0 Å². The zero-order valence-corrected chi connectivity index (χ0v) is 13.3. The molecule has 0 aromatic carbocycles. The van der Waals surface area contributed by atoms with E-state index in [1.165, 1.54) is 12.8 Å². The number of nitrogens with zero attached hydrogens (tertiary/aromatic N) is 2. The Hall–Kier alpha value is 0.230. The summed E-state index contributed by atoms with van der Waals surface area (Å²) in [5.74, 6) is 1.69. The van der Waals surface area contributed by atoms with Crippen LogP contribution >= 0.6 is 12.6 Å². The van der Waals surface area contributed by atoms with Gasteiger partial charge in [0.2, 0.25) is 0 Å². The van der Waals surface area contributed by atoms with E-state index in [4.69, 9.17) is 4.74 Å². The Kier molecular flexibility index (Phi) is 7.61. The van der Waals surface area contributed by atoms with E-state index in [0.717, 1.165) is 32.0 Å². The second kappa shape index (κ2) is 8.41. The minimum absolute atomic E-state index is 0.354. The summed E-state index contributed by atoms with van der Waals surface area (Å²) in [4.78, 5) is 4.86. The van der Waals surface area contributed by atoms with Gasteiger partial charge in [0.25, 0.3) is 0 Å². The molecule has 1 saturated heterocycles. The number of thiol groups is 1. The quantitative estimate of drug-likeness (QED) is 0.715. The van der Waals surface area contributed by atoms with Crippen LogP contribution in [0.5, 0.6) is 0 Å².